The summed E-state index contributed by atoms with van der Waals surface area (Å²) in [6.07, 6.45) is 0.589. The van der Waals surface area contributed by atoms with E-state index < -0.39 is 16.1 Å². The number of para-hydroxylation sites is 1. The van der Waals surface area contributed by atoms with Gasteiger partial charge >= 0.3 is 0 Å². The number of likely N-dealkylation sites (tertiary alicyclic amines) is 1. The van der Waals surface area contributed by atoms with Gasteiger partial charge in [0.25, 0.3) is 5.91 Å². The summed E-state index contributed by atoms with van der Waals surface area (Å²) in [5, 5.41) is 1.74. The normalized spacial score (nSPS) is 16.8. The number of amides is 1. The summed E-state index contributed by atoms with van der Waals surface area (Å²) in [5.41, 5.74) is 1.08. The Bertz CT molecular complexity index is 918. The van der Waals surface area contributed by atoms with E-state index in [4.69, 9.17) is 4.74 Å². The number of thiophene rings is 1. The average Bonchev–Trinajstić information content (AvgIpc) is 3.24. The summed E-state index contributed by atoms with van der Waals surface area (Å²) in [6.45, 7) is 6.98. The van der Waals surface area contributed by atoms with Gasteiger partial charge in [-0.05, 0) is 48.8 Å². The molecule has 1 amide bonds. The molecule has 0 spiro atoms. The molecule has 1 aromatic heterocycles. The summed E-state index contributed by atoms with van der Waals surface area (Å²) in [7, 11) is -3.48. The van der Waals surface area contributed by atoms with Gasteiger partial charge in [0, 0.05) is 19.1 Å². The van der Waals surface area contributed by atoms with Gasteiger partial charge < -0.3 is 9.64 Å². The topological polar surface area (TPSA) is 75.7 Å². The Kier molecular flexibility index (Phi) is 6.97. The number of benzene rings is 1. The molecule has 0 saturated carbocycles. The number of carbonyl (C=O) groups is 1. The zero-order valence-electron chi connectivity index (χ0n) is 17.0. The third kappa shape index (κ3) is 5.38. The maximum absolute atomic E-state index is 12.8. The van der Waals surface area contributed by atoms with E-state index in [0.717, 1.165) is 11.3 Å². The molecule has 1 saturated heterocycles. The van der Waals surface area contributed by atoms with Crippen molar-refractivity contribution in [1.82, 2.24) is 9.62 Å². The zero-order valence-corrected chi connectivity index (χ0v) is 18.6. The summed E-state index contributed by atoms with van der Waals surface area (Å²) < 4.78 is 33.8. The minimum atomic E-state index is -3.48. The first-order valence-corrected chi connectivity index (χ1v) is 12.2. The van der Waals surface area contributed by atoms with Crippen molar-refractivity contribution in [2.75, 3.05) is 13.1 Å². The first-order valence-electron chi connectivity index (χ1n) is 9.88. The smallest absolute Gasteiger partial charge is 0.263 e. The Hall–Kier alpha value is -1.90. The number of hydrogen-bond acceptors (Lipinski definition) is 5. The third-order valence-corrected chi connectivity index (χ3v) is 8.00. The molecule has 1 N–H and O–H groups in total. The monoisotopic (exact) mass is 436 g/mol. The van der Waals surface area contributed by atoms with Crippen molar-refractivity contribution in [2.24, 2.45) is 0 Å². The molecule has 8 heteroatoms. The van der Waals surface area contributed by atoms with Crippen LogP contribution < -0.4 is 9.46 Å². The Morgan fingerprint density at radius 1 is 1.14 bits per heavy atom. The Balaban J connectivity index is 1.55. The molecule has 1 fully saturated rings. The fourth-order valence-corrected chi connectivity index (χ4v) is 5.79. The Morgan fingerprint density at radius 3 is 2.45 bits per heavy atom. The standard InChI is InChI=1S/C21H28N2O4S2/c1-15(2)18-7-4-5-8-19(18)27-16(3)21(24)23-12-10-17(11-13-23)22-29(25,26)20-9-6-14-28-20/h4-9,14-17,22H,10-13H2,1-3H3. The molecule has 1 unspecified atom stereocenters. The van der Waals surface area contributed by atoms with E-state index in [-0.39, 0.29) is 11.9 Å². The van der Waals surface area contributed by atoms with Crippen molar-refractivity contribution in [2.45, 2.75) is 55.9 Å². The molecule has 1 aliphatic heterocycles. The minimum absolute atomic E-state index is 0.0666. The molecular weight excluding hydrogens is 408 g/mol. The second-order valence-electron chi connectivity index (χ2n) is 7.61. The van der Waals surface area contributed by atoms with Crippen LogP contribution >= 0.6 is 11.3 Å². The van der Waals surface area contributed by atoms with E-state index in [0.29, 0.717) is 36.1 Å². The minimum Gasteiger partial charge on any atom is -0.481 e. The molecule has 29 heavy (non-hydrogen) atoms. The van der Waals surface area contributed by atoms with Gasteiger partial charge in [-0.15, -0.1) is 11.3 Å². The van der Waals surface area contributed by atoms with Crippen LogP contribution in [0.2, 0.25) is 0 Å². The van der Waals surface area contributed by atoms with Gasteiger partial charge in [-0.2, -0.15) is 0 Å². The lowest BCUT2D eigenvalue weighted by molar-refractivity contribution is -0.139. The molecule has 2 aromatic rings. The molecule has 1 aromatic carbocycles. The number of nitrogens with zero attached hydrogens (tertiary/aromatic N) is 1. The maximum atomic E-state index is 12.8. The number of carbonyl (C=O) groups excluding carboxylic acids is 1. The number of nitrogens with one attached hydrogen (secondary N) is 1. The van der Waals surface area contributed by atoms with Crippen molar-refractivity contribution in [3.63, 3.8) is 0 Å². The molecule has 0 bridgehead atoms. The van der Waals surface area contributed by atoms with Crippen molar-refractivity contribution in [3.8, 4) is 5.75 Å². The van der Waals surface area contributed by atoms with Crippen LogP contribution in [0.25, 0.3) is 0 Å². The lowest BCUT2D eigenvalue weighted by Gasteiger charge is -2.33. The van der Waals surface area contributed by atoms with Crippen molar-refractivity contribution >= 4 is 27.3 Å². The molecule has 1 aliphatic rings. The number of sulfonamides is 1. The fourth-order valence-electron chi connectivity index (χ4n) is 3.47. The van der Waals surface area contributed by atoms with Crippen LogP contribution in [-0.4, -0.2) is 44.5 Å². The van der Waals surface area contributed by atoms with Crippen LogP contribution in [0.4, 0.5) is 0 Å². The van der Waals surface area contributed by atoms with E-state index in [1.54, 1.807) is 29.3 Å². The second kappa shape index (κ2) is 9.28. The fraction of sp³-hybridized carbons (Fsp3) is 0.476. The molecule has 158 valence electrons. The van der Waals surface area contributed by atoms with E-state index in [2.05, 4.69) is 18.6 Å². The highest BCUT2D eigenvalue weighted by Gasteiger charge is 2.30. The van der Waals surface area contributed by atoms with Gasteiger partial charge in [0.2, 0.25) is 10.0 Å². The summed E-state index contributed by atoms with van der Waals surface area (Å²) in [4.78, 5) is 14.6. The Labute approximate surface area is 176 Å². The molecule has 0 aliphatic carbocycles. The van der Waals surface area contributed by atoms with E-state index in [1.165, 1.54) is 11.3 Å². The van der Waals surface area contributed by atoms with E-state index in [9.17, 15) is 13.2 Å². The maximum Gasteiger partial charge on any atom is 0.263 e. The summed E-state index contributed by atoms with van der Waals surface area (Å²) >= 11 is 1.20. The molecular formula is C21H28N2O4S2. The summed E-state index contributed by atoms with van der Waals surface area (Å²) in [5.74, 6) is 0.977. The van der Waals surface area contributed by atoms with Crippen LogP contribution in [0.3, 0.4) is 0 Å². The first kappa shape index (κ1) is 21.8. The van der Waals surface area contributed by atoms with Crippen LogP contribution in [0.5, 0.6) is 5.75 Å². The quantitative estimate of drug-likeness (QED) is 0.719. The lowest BCUT2D eigenvalue weighted by atomic mass is 10.0. The highest BCUT2D eigenvalue weighted by atomic mass is 32.2. The van der Waals surface area contributed by atoms with Crippen LogP contribution in [0.1, 0.15) is 45.1 Å². The average molecular weight is 437 g/mol. The first-order chi connectivity index (χ1) is 13.8. The van der Waals surface area contributed by atoms with Gasteiger partial charge in [-0.25, -0.2) is 13.1 Å². The van der Waals surface area contributed by atoms with E-state index >= 15 is 0 Å². The predicted octanol–water partition coefficient (Wildman–Crippen LogP) is 3.61. The molecule has 3 rings (SSSR count). The van der Waals surface area contributed by atoms with E-state index in [1.807, 2.05) is 24.3 Å². The number of piperidine rings is 1. The van der Waals surface area contributed by atoms with Gasteiger partial charge in [-0.3, -0.25) is 4.79 Å². The summed E-state index contributed by atoms with van der Waals surface area (Å²) in [6, 6.07) is 10.9. The zero-order chi connectivity index (χ0) is 21.0. The number of ether oxygens (including phenoxy) is 1. The lowest BCUT2D eigenvalue weighted by Crippen LogP contribution is -2.49. The third-order valence-electron chi connectivity index (χ3n) is 5.08. The Morgan fingerprint density at radius 2 is 1.83 bits per heavy atom. The SMILES string of the molecule is CC(Oc1ccccc1C(C)C)C(=O)N1CCC(NS(=O)(=O)c2cccs2)CC1. The van der Waals surface area contributed by atoms with Gasteiger partial charge in [-0.1, -0.05) is 38.1 Å². The van der Waals surface area contributed by atoms with Crippen LogP contribution in [-0.2, 0) is 14.8 Å². The van der Waals surface area contributed by atoms with Crippen molar-refractivity contribution in [1.29, 1.82) is 0 Å². The second-order valence-corrected chi connectivity index (χ2v) is 10.5. The molecule has 6 nitrogen and oxygen atoms in total. The van der Waals surface area contributed by atoms with Gasteiger partial charge in [0.15, 0.2) is 6.10 Å². The molecule has 1 atom stereocenters. The van der Waals surface area contributed by atoms with Crippen molar-refractivity contribution < 1.29 is 17.9 Å². The molecule has 2 heterocycles. The largest absolute Gasteiger partial charge is 0.481 e. The van der Waals surface area contributed by atoms with Gasteiger partial charge in [0.05, 0.1) is 0 Å². The number of hydrogen-bond donors (Lipinski definition) is 1. The molecule has 0 radical (unpaired) electrons. The number of rotatable bonds is 7. The van der Waals surface area contributed by atoms with Crippen LogP contribution in [0.15, 0.2) is 46.0 Å². The highest BCUT2D eigenvalue weighted by Crippen LogP contribution is 2.27. The highest BCUT2D eigenvalue weighted by molar-refractivity contribution is 7.91. The van der Waals surface area contributed by atoms with Gasteiger partial charge in [0.1, 0.15) is 9.96 Å². The van der Waals surface area contributed by atoms with Crippen molar-refractivity contribution in [3.05, 3.63) is 47.3 Å². The van der Waals surface area contributed by atoms with Crippen LogP contribution in [0, 0.1) is 0 Å². The predicted molar refractivity (Wildman–Crippen MR) is 115 cm³/mol.